The molecule has 1 saturated heterocycles. The molecule has 1 aliphatic rings. The third-order valence-electron chi connectivity index (χ3n) is 7.67. The number of hydrogen-bond acceptors (Lipinski definition) is 6. The molecule has 0 N–H and O–H groups in total. The van der Waals surface area contributed by atoms with E-state index >= 15 is 0 Å². The number of piperazine rings is 1. The zero-order valence-electron chi connectivity index (χ0n) is 23.4. The van der Waals surface area contributed by atoms with Gasteiger partial charge in [0, 0.05) is 89.0 Å². The molecule has 3 heterocycles. The van der Waals surface area contributed by atoms with Crippen LogP contribution in [0.2, 0.25) is 0 Å². The Morgan fingerprint density at radius 3 is 2.18 bits per heavy atom. The summed E-state index contributed by atoms with van der Waals surface area (Å²) in [5, 5.41) is 1.09. The summed E-state index contributed by atoms with van der Waals surface area (Å²) in [4.78, 5) is 10.1. The largest absolute Gasteiger partial charge is 0.383 e. The van der Waals surface area contributed by atoms with Crippen LogP contribution in [0.3, 0.4) is 0 Å². The van der Waals surface area contributed by atoms with E-state index < -0.39 is 10.0 Å². The lowest BCUT2D eigenvalue weighted by molar-refractivity contribution is 0.144. The molecule has 206 valence electrons. The predicted molar refractivity (Wildman–Crippen MR) is 158 cm³/mol. The first kappa shape index (κ1) is 27.3. The van der Waals surface area contributed by atoms with E-state index in [0.717, 1.165) is 78.4 Å². The van der Waals surface area contributed by atoms with E-state index in [4.69, 9.17) is 9.72 Å². The van der Waals surface area contributed by atoms with Crippen LogP contribution in [-0.4, -0.2) is 87.7 Å². The smallest absolute Gasteiger partial charge is 0.242 e. The van der Waals surface area contributed by atoms with Crippen molar-refractivity contribution in [1.29, 1.82) is 0 Å². The van der Waals surface area contributed by atoms with Gasteiger partial charge in [-0.1, -0.05) is 24.3 Å². The topological polar surface area (TPSA) is 70.9 Å². The fourth-order valence-corrected chi connectivity index (χ4v) is 6.11. The molecule has 0 aliphatic carbocycles. The van der Waals surface area contributed by atoms with Gasteiger partial charge in [0.25, 0.3) is 0 Å². The minimum absolute atomic E-state index is 0.284. The van der Waals surface area contributed by atoms with Crippen LogP contribution in [0.5, 0.6) is 0 Å². The van der Waals surface area contributed by atoms with Crippen LogP contribution in [0.25, 0.3) is 33.4 Å². The number of pyridine rings is 1. The monoisotopic (exact) mass is 547 g/mol. The normalized spacial score (nSPS) is 15.0. The first-order valence-corrected chi connectivity index (χ1v) is 14.7. The van der Waals surface area contributed by atoms with E-state index in [1.54, 1.807) is 33.3 Å². The molecule has 4 aromatic rings. The van der Waals surface area contributed by atoms with Crippen LogP contribution in [0.15, 0.2) is 65.6 Å². The SMILES string of the molecule is COCCN1CCN(c2ccc(-c3cc4c(cc(-c5ccc(S(=O)(=O)N(C)C)cc5)n4C)c(C)n3)cc2)CC1. The lowest BCUT2D eigenvalue weighted by atomic mass is 10.1. The van der Waals surface area contributed by atoms with E-state index in [2.05, 4.69) is 50.8 Å². The quantitative estimate of drug-likeness (QED) is 0.329. The van der Waals surface area contributed by atoms with E-state index in [0.29, 0.717) is 0 Å². The molecule has 0 saturated carbocycles. The zero-order valence-corrected chi connectivity index (χ0v) is 24.2. The first-order valence-electron chi connectivity index (χ1n) is 13.3. The van der Waals surface area contributed by atoms with Crippen molar-refractivity contribution in [3.05, 3.63) is 66.4 Å². The van der Waals surface area contributed by atoms with Gasteiger partial charge in [-0.05, 0) is 48.9 Å². The fourth-order valence-electron chi connectivity index (χ4n) is 5.21. The second kappa shape index (κ2) is 11.1. The van der Waals surface area contributed by atoms with Crippen LogP contribution in [-0.2, 0) is 21.8 Å². The molecule has 39 heavy (non-hydrogen) atoms. The summed E-state index contributed by atoms with van der Waals surface area (Å²) >= 11 is 0. The van der Waals surface area contributed by atoms with Crippen molar-refractivity contribution >= 4 is 26.6 Å². The molecule has 0 spiro atoms. The van der Waals surface area contributed by atoms with Gasteiger partial charge >= 0.3 is 0 Å². The number of rotatable bonds is 8. The van der Waals surface area contributed by atoms with Gasteiger partial charge in [-0.15, -0.1) is 0 Å². The van der Waals surface area contributed by atoms with Crippen LogP contribution >= 0.6 is 0 Å². The molecule has 0 unspecified atom stereocenters. The second-order valence-corrected chi connectivity index (χ2v) is 12.4. The molecule has 5 rings (SSSR count). The second-order valence-electron chi connectivity index (χ2n) is 10.3. The maximum Gasteiger partial charge on any atom is 0.242 e. The number of sulfonamides is 1. The highest BCUT2D eigenvalue weighted by Gasteiger charge is 2.19. The summed E-state index contributed by atoms with van der Waals surface area (Å²) < 4.78 is 33.5. The van der Waals surface area contributed by atoms with Gasteiger partial charge in [-0.3, -0.25) is 9.88 Å². The van der Waals surface area contributed by atoms with Gasteiger partial charge in [0.05, 0.1) is 22.7 Å². The maximum atomic E-state index is 12.5. The van der Waals surface area contributed by atoms with Gasteiger partial charge < -0.3 is 14.2 Å². The Balaban J connectivity index is 1.38. The summed E-state index contributed by atoms with van der Waals surface area (Å²) in [5.41, 5.74) is 7.30. The number of nitrogens with zero attached hydrogens (tertiary/aromatic N) is 5. The van der Waals surface area contributed by atoms with Crippen LogP contribution in [0.1, 0.15) is 5.69 Å². The Morgan fingerprint density at radius 1 is 0.923 bits per heavy atom. The minimum Gasteiger partial charge on any atom is -0.383 e. The number of anilines is 1. The molecule has 1 fully saturated rings. The number of aromatic nitrogens is 2. The molecule has 0 bridgehead atoms. The van der Waals surface area contributed by atoms with E-state index in [1.165, 1.54) is 9.99 Å². The number of ether oxygens (including phenoxy) is 1. The van der Waals surface area contributed by atoms with Gasteiger partial charge in [0.1, 0.15) is 0 Å². The third kappa shape index (κ3) is 5.45. The number of aryl methyl sites for hydroxylation is 2. The van der Waals surface area contributed by atoms with E-state index in [-0.39, 0.29) is 4.90 Å². The van der Waals surface area contributed by atoms with Gasteiger partial charge in [0.2, 0.25) is 10.0 Å². The summed E-state index contributed by atoms with van der Waals surface area (Å²) in [6, 6.07) is 20.0. The lowest BCUT2D eigenvalue weighted by Crippen LogP contribution is -2.47. The van der Waals surface area contributed by atoms with Crippen molar-refractivity contribution in [2.75, 3.05) is 65.4 Å². The zero-order chi connectivity index (χ0) is 27.7. The highest BCUT2D eigenvalue weighted by atomic mass is 32.2. The first-order chi connectivity index (χ1) is 18.7. The van der Waals surface area contributed by atoms with E-state index in [1.807, 2.05) is 26.1 Å². The summed E-state index contributed by atoms with van der Waals surface area (Å²) in [5.74, 6) is 0. The molecule has 9 heteroatoms. The average Bonchev–Trinajstić information content (AvgIpc) is 3.29. The van der Waals surface area contributed by atoms with Gasteiger partial charge in [-0.2, -0.15) is 0 Å². The van der Waals surface area contributed by atoms with Crippen LogP contribution < -0.4 is 4.90 Å². The summed E-state index contributed by atoms with van der Waals surface area (Å²) in [6.07, 6.45) is 0. The summed E-state index contributed by atoms with van der Waals surface area (Å²) in [6.45, 7) is 7.93. The Labute approximate surface area is 231 Å². The number of hydrogen-bond donors (Lipinski definition) is 0. The van der Waals surface area contributed by atoms with Crippen molar-refractivity contribution in [2.45, 2.75) is 11.8 Å². The van der Waals surface area contributed by atoms with Gasteiger partial charge in [0.15, 0.2) is 0 Å². The number of methoxy groups -OCH3 is 1. The standard InChI is InChI=1S/C30H37N5O3S/c1-22-27-20-29(24-8-12-26(13-9-24)39(36,37)32(2)3)33(4)30(27)21-28(31-22)23-6-10-25(11-7-23)35-16-14-34(15-17-35)18-19-38-5/h6-13,20-21H,14-19H2,1-5H3. The molecule has 2 aromatic heterocycles. The highest BCUT2D eigenvalue weighted by Crippen LogP contribution is 2.32. The fraction of sp³-hybridized carbons (Fsp3) is 0.367. The van der Waals surface area contributed by atoms with Crippen LogP contribution in [0, 0.1) is 6.92 Å². The Kier molecular flexibility index (Phi) is 7.77. The molecular formula is C30H37N5O3S. The number of benzene rings is 2. The van der Waals surface area contributed by atoms with Crippen LogP contribution in [0.4, 0.5) is 5.69 Å². The van der Waals surface area contributed by atoms with Gasteiger partial charge in [-0.25, -0.2) is 12.7 Å². The molecular weight excluding hydrogens is 510 g/mol. The van der Waals surface area contributed by atoms with Crippen molar-refractivity contribution in [3.63, 3.8) is 0 Å². The Morgan fingerprint density at radius 2 is 1.56 bits per heavy atom. The molecule has 2 aromatic carbocycles. The van der Waals surface area contributed by atoms with E-state index in [9.17, 15) is 8.42 Å². The Hall–Kier alpha value is -3.24. The van der Waals surface area contributed by atoms with Crippen molar-refractivity contribution < 1.29 is 13.2 Å². The average molecular weight is 548 g/mol. The van der Waals surface area contributed by atoms with Crippen molar-refractivity contribution in [2.24, 2.45) is 7.05 Å². The van der Waals surface area contributed by atoms with Crippen molar-refractivity contribution in [1.82, 2.24) is 18.8 Å². The molecule has 8 nitrogen and oxygen atoms in total. The lowest BCUT2D eigenvalue weighted by Gasteiger charge is -2.36. The molecule has 1 aliphatic heterocycles. The van der Waals surface area contributed by atoms with Crippen molar-refractivity contribution in [3.8, 4) is 22.5 Å². The minimum atomic E-state index is -3.46. The number of fused-ring (bicyclic) bond motifs is 1. The summed E-state index contributed by atoms with van der Waals surface area (Å²) in [7, 11) is 3.42. The molecule has 0 atom stereocenters. The maximum absolute atomic E-state index is 12.5. The molecule has 0 amide bonds. The predicted octanol–water partition coefficient (Wildman–Crippen LogP) is 4.23. The Bertz CT molecular complexity index is 1550. The third-order valence-corrected chi connectivity index (χ3v) is 9.50. The highest BCUT2D eigenvalue weighted by molar-refractivity contribution is 7.89. The molecule has 0 radical (unpaired) electrons.